The smallest absolute Gasteiger partial charge is 0.275 e. The summed E-state index contributed by atoms with van der Waals surface area (Å²) < 4.78 is 37.0. The SMILES string of the molecule is COc1ccc2cc1OCC(=O)N[C@@H]1CN(C(=O)c3coc(C)n3)CC[C@H]1Oc1cc(F)cc(c1)CNC(=O)CC2. The van der Waals surface area contributed by atoms with Crippen LogP contribution < -0.4 is 24.8 Å². The molecule has 11 nitrogen and oxygen atoms in total. The van der Waals surface area contributed by atoms with Crippen LogP contribution >= 0.6 is 0 Å². The second kappa shape index (κ2) is 12.3. The molecule has 3 heterocycles. The first kappa shape index (κ1) is 27.9. The molecule has 1 fully saturated rings. The predicted molar refractivity (Wildman–Crippen MR) is 143 cm³/mol. The summed E-state index contributed by atoms with van der Waals surface area (Å²) in [6, 6.07) is 8.86. The number of aromatic nitrogens is 1. The Morgan fingerprint density at radius 1 is 1.12 bits per heavy atom. The summed E-state index contributed by atoms with van der Waals surface area (Å²) in [5.41, 5.74) is 1.52. The standard InChI is InChI=1S/C29H31FN4O7/c1-17-32-23(15-39-17)29(37)34-8-7-24-22(14-34)33-28(36)16-40-26-11-18(3-5-25(26)38-2)4-6-27(35)31-13-19-9-20(30)12-21(10-19)41-24/h3,5,9-12,15,22,24H,4,6-8,13-14,16H2,1-2H3,(H,31,35)(H,33,36)/t22-,24-/m1/s1. The minimum atomic E-state index is -0.643. The van der Waals surface area contributed by atoms with E-state index in [1.165, 1.54) is 25.5 Å². The summed E-state index contributed by atoms with van der Waals surface area (Å²) in [7, 11) is 1.50. The molecule has 0 spiro atoms. The van der Waals surface area contributed by atoms with E-state index in [1.807, 2.05) is 6.07 Å². The van der Waals surface area contributed by atoms with Crippen LogP contribution in [0.4, 0.5) is 4.39 Å². The number of carbonyl (C=O) groups excluding carboxylic acids is 3. The number of halogens is 1. The normalized spacial score (nSPS) is 19.8. The average Bonchev–Trinajstić information content (AvgIpc) is 3.39. The molecule has 0 aliphatic carbocycles. The largest absolute Gasteiger partial charge is 0.493 e. The van der Waals surface area contributed by atoms with Crippen LogP contribution in [0, 0.1) is 12.7 Å². The second-order valence-corrected chi connectivity index (χ2v) is 9.97. The molecule has 2 N–H and O–H groups in total. The highest BCUT2D eigenvalue weighted by Crippen LogP contribution is 2.29. The molecule has 41 heavy (non-hydrogen) atoms. The minimum absolute atomic E-state index is 0.119. The third kappa shape index (κ3) is 6.94. The molecule has 0 radical (unpaired) electrons. The maximum absolute atomic E-state index is 14.5. The maximum atomic E-state index is 14.5. The number of benzene rings is 2. The van der Waals surface area contributed by atoms with E-state index < -0.39 is 23.9 Å². The molecular formula is C29H31FN4O7. The number of aryl methyl sites for hydroxylation is 2. The molecule has 2 aliphatic rings. The van der Waals surface area contributed by atoms with Crippen LogP contribution in [0.1, 0.15) is 40.3 Å². The van der Waals surface area contributed by atoms with Crippen LogP contribution in [0.2, 0.25) is 0 Å². The topological polar surface area (TPSA) is 132 Å². The van der Waals surface area contributed by atoms with Gasteiger partial charge in [0.15, 0.2) is 29.7 Å². The Kier molecular flexibility index (Phi) is 8.37. The van der Waals surface area contributed by atoms with Gasteiger partial charge in [-0.1, -0.05) is 6.07 Å². The van der Waals surface area contributed by atoms with Gasteiger partial charge in [0, 0.05) is 45.5 Å². The Morgan fingerprint density at radius 3 is 2.76 bits per heavy atom. The molecule has 216 valence electrons. The van der Waals surface area contributed by atoms with E-state index >= 15 is 0 Å². The zero-order valence-electron chi connectivity index (χ0n) is 22.8. The van der Waals surface area contributed by atoms with Gasteiger partial charge in [-0.3, -0.25) is 14.4 Å². The Balaban J connectivity index is 1.41. The number of hydrogen-bond donors (Lipinski definition) is 2. The molecule has 4 bridgehead atoms. The average molecular weight is 567 g/mol. The lowest BCUT2D eigenvalue weighted by molar-refractivity contribution is -0.125. The van der Waals surface area contributed by atoms with E-state index in [1.54, 1.807) is 30.0 Å². The molecule has 2 atom stereocenters. The molecule has 0 saturated carbocycles. The highest BCUT2D eigenvalue weighted by Gasteiger charge is 2.35. The number of piperidine rings is 1. The van der Waals surface area contributed by atoms with Gasteiger partial charge in [-0.05, 0) is 41.8 Å². The van der Waals surface area contributed by atoms with Crippen molar-refractivity contribution in [2.45, 2.75) is 44.9 Å². The first-order valence-electron chi connectivity index (χ1n) is 13.3. The third-order valence-electron chi connectivity index (χ3n) is 6.96. The van der Waals surface area contributed by atoms with Gasteiger partial charge in [-0.15, -0.1) is 0 Å². The molecular weight excluding hydrogens is 535 g/mol. The first-order valence-corrected chi connectivity index (χ1v) is 13.3. The number of likely N-dealkylation sites (tertiary alicyclic amines) is 1. The van der Waals surface area contributed by atoms with Crippen molar-refractivity contribution in [1.29, 1.82) is 0 Å². The summed E-state index contributed by atoms with van der Waals surface area (Å²) in [5, 5.41) is 5.74. The van der Waals surface area contributed by atoms with Crippen molar-refractivity contribution in [1.82, 2.24) is 20.5 Å². The minimum Gasteiger partial charge on any atom is -0.493 e. The van der Waals surface area contributed by atoms with E-state index in [0.29, 0.717) is 42.3 Å². The zero-order valence-corrected chi connectivity index (χ0v) is 22.8. The molecule has 1 saturated heterocycles. The van der Waals surface area contributed by atoms with Crippen LogP contribution in [-0.4, -0.2) is 66.6 Å². The number of nitrogens with one attached hydrogen (secondary N) is 2. The number of carbonyl (C=O) groups is 3. The number of rotatable bonds is 2. The van der Waals surface area contributed by atoms with Crippen molar-refractivity contribution in [2.24, 2.45) is 0 Å². The lowest BCUT2D eigenvalue weighted by atomic mass is 10.0. The molecule has 3 amide bonds. The van der Waals surface area contributed by atoms with Crippen molar-refractivity contribution in [2.75, 3.05) is 26.8 Å². The van der Waals surface area contributed by atoms with Gasteiger partial charge >= 0.3 is 0 Å². The fourth-order valence-electron chi connectivity index (χ4n) is 4.91. The van der Waals surface area contributed by atoms with Crippen molar-refractivity contribution in [3.8, 4) is 17.2 Å². The number of oxazole rings is 1. The van der Waals surface area contributed by atoms with Crippen LogP contribution in [0.15, 0.2) is 47.1 Å². The number of ether oxygens (including phenoxy) is 3. The van der Waals surface area contributed by atoms with Gasteiger partial charge in [0.05, 0.1) is 13.2 Å². The van der Waals surface area contributed by atoms with Gasteiger partial charge < -0.3 is 34.2 Å². The number of fused-ring (bicyclic) bond motifs is 5. The summed E-state index contributed by atoms with van der Waals surface area (Å²) in [4.78, 5) is 44.3. The van der Waals surface area contributed by atoms with E-state index in [0.717, 1.165) is 5.56 Å². The molecule has 3 aromatic rings. The van der Waals surface area contributed by atoms with Gasteiger partial charge in [0.2, 0.25) is 5.91 Å². The van der Waals surface area contributed by atoms with Gasteiger partial charge in [-0.25, -0.2) is 9.37 Å². The molecule has 1 aromatic heterocycles. The van der Waals surface area contributed by atoms with Crippen LogP contribution in [0.3, 0.4) is 0 Å². The third-order valence-corrected chi connectivity index (χ3v) is 6.96. The maximum Gasteiger partial charge on any atom is 0.275 e. The first-order chi connectivity index (χ1) is 19.8. The van der Waals surface area contributed by atoms with Crippen molar-refractivity contribution < 1.29 is 37.4 Å². The molecule has 2 aliphatic heterocycles. The van der Waals surface area contributed by atoms with E-state index in [9.17, 15) is 18.8 Å². The fourth-order valence-corrected chi connectivity index (χ4v) is 4.91. The fraction of sp³-hybridized carbons (Fsp3) is 0.379. The number of amides is 3. The predicted octanol–water partition coefficient (Wildman–Crippen LogP) is 2.55. The molecule has 0 unspecified atom stereocenters. The number of nitrogens with zero attached hydrogens (tertiary/aromatic N) is 2. The summed E-state index contributed by atoms with van der Waals surface area (Å²) in [5.74, 6) is -0.0712. The molecule has 2 aromatic carbocycles. The van der Waals surface area contributed by atoms with Crippen LogP contribution in [-0.2, 0) is 22.6 Å². The Labute approximate surface area is 236 Å². The van der Waals surface area contributed by atoms with Crippen molar-refractivity contribution >= 4 is 17.7 Å². The zero-order chi connectivity index (χ0) is 28.9. The van der Waals surface area contributed by atoms with E-state index in [2.05, 4.69) is 15.6 Å². The monoisotopic (exact) mass is 566 g/mol. The lowest BCUT2D eigenvalue weighted by Gasteiger charge is -2.38. The number of methoxy groups -OCH3 is 1. The summed E-state index contributed by atoms with van der Waals surface area (Å²) in [6.45, 7) is 1.88. The van der Waals surface area contributed by atoms with E-state index in [-0.39, 0.29) is 49.4 Å². The van der Waals surface area contributed by atoms with Crippen molar-refractivity contribution in [3.05, 3.63) is 71.2 Å². The highest BCUT2D eigenvalue weighted by molar-refractivity contribution is 5.92. The summed E-state index contributed by atoms with van der Waals surface area (Å²) >= 11 is 0. The Morgan fingerprint density at radius 2 is 1.98 bits per heavy atom. The summed E-state index contributed by atoms with van der Waals surface area (Å²) in [6.07, 6.45) is 1.70. The van der Waals surface area contributed by atoms with Gasteiger partial charge in [-0.2, -0.15) is 0 Å². The van der Waals surface area contributed by atoms with Gasteiger partial charge in [0.1, 0.15) is 23.9 Å². The quantitative estimate of drug-likeness (QED) is 0.484. The Hall–Kier alpha value is -4.61. The lowest BCUT2D eigenvalue weighted by Crippen LogP contribution is -2.58. The Bertz CT molecular complexity index is 1440. The van der Waals surface area contributed by atoms with Crippen LogP contribution in [0.25, 0.3) is 0 Å². The van der Waals surface area contributed by atoms with Gasteiger partial charge in [0.25, 0.3) is 11.8 Å². The molecule has 12 heteroatoms. The van der Waals surface area contributed by atoms with Crippen LogP contribution in [0.5, 0.6) is 17.2 Å². The van der Waals surface area contributed by atoms with E-state index in [4.69, 9.17) is 18.6 Å². The molecule has 5 rings (SSSR count). The highest BCUT2D eigenvalue weighted by atomic mass is 19.1. The van der Waals surface area contributed by atoms with Crippen molar-refractivity contribution in [3.63, 3.8) is 0 Å². The number of hydrogen-bond acceptors (Lipinski definition) is 8. The second-order valence-electron chi connectivity index (χ2n) is 9.97.